The van der Waals surface area contributed by atoms with E-state index >= 15 is 0 Å². The predicted molar refractivity (Wildman–Crippen MR) is 57.2 cm³/mol. The smallest absolute Gasteiger partial charge is 0.224 e. The van der Waals surface area contributed by atoms with E-state index in [1.54, 1.807) is 16.8 Å². The summed E-state index contributed by atoms with van der Waals surface area (Å²) in [6.45, 7) is 1.81. The monoisotopic (exact) mass is 206 g/mol. The Morgan fingerprint density at radius 3 is 3.07 bits per heavy atom. The van der Waals surface area contributed by atoms with Gasteiger partial charge in [0.25, 0.3) is 0 Å². The first-order chi connectivity index (χ1) is 6.68. The topological polar surface area (TPSA) is 56.0 Å². The third-order valence-electron chi connectivity index (χ3n) is 2.28. The molecule has 0 saturated heterocycles. The second kappa shape index (κ2) is 3.38. The zero-order valence-corrected chi connectivity index (χ0v) is 8.54. The van der Waals surface area contributed by atoms with E-state index in [4.69, 9.17) is 5.73 Å². The highest BCUT2D eigenvalue weighted by atomic mass is 32.1. The number of thiazole rings is 1. The average molecular weight is 206 g/mol. The number of rotatable bonds is 2. The van der Waals surface area contributed by atoms with Crippen LogP contribution in [0.4, 0.5) is 0 Å². The Bertz CT molecular complexity index is 478. The summed E-state index contributed by atoms with van der Waals surface area (Å²) < 4.78 is 1.09. The second-order valence-electron chi connectivity index (χ2n) is 3.20. The van der Waals surface area contributed by atoms with Crippen LogP contribution in [0.3, 0.4) is 0 Å². The predicted octanol–water partition coefficient (Wildman–Crippen LogP) is 1.89. The summed E-state index contributed by atoms with van der Waals surface area (Å²) in [5.74, 6) is -0.532. The van der Waals surface area contributed by atoms with Crippen LogP contribution < -0.4 is 5.73 Å². The maximum absolute atomic E-state index is 11.0. The molecule has 4 heteroatoms. The summed E-state index contributed by atoms with van der Waals surface area (Å²) in [4.78, 5) is 15.2. The summed E-state index contributed by atoms with van der Waals surface area (Å²) in [7, 11) is 0. The van der Waals surface area contributed by atoms with Crippen molar-refractivity contribution >= 4 is 27.5 Å². The number of nitrogens with two attached hydrogens (primary N) is 1. The number of amides is 1. The van der Waals surface area contributed by atoms with Crippen molar-refractivity contribution in [3.63, 3.8) is 0 Å². The molecule has 2 rings (SSSR count). The van der Waals surface area contributed by atoms with E-state index in [9.17, 15) is 4.79 Å². The molecule has 0 saturated carbocycles. The molecule has 0 bridgehead atoms. The summed E-state index contributed by atoms with van der Waals surface area (Å²) >= 11 is 1.57. The number of hydrogen-bond acceptors (Lipinski definition) is 3. The number of benzene rings is 1. The summed E-state index contributed by atoms with van der Waals surface area (Å²) in [6, 6.07) is 5.79. The minimum atomic E-state index is -0.297. The van der Waals surface area contributed by atoms with Crippen LogP contribution in [0.15, 0.2) is 23.7 Å². The number of fused-ring (bicyclic) bond motifs is 1. The molecule has 0 radical (unpaired) electrons. The van der Waals surface area contributed by atoms with Gasteiger partial charge in [0, 0.05) is 0 Å². The van der Waals surface area contributed by atoms with E-state index in [1.165, 1.54) is 0 Å². The first-order valence-electron chi connectivity index (χ1n) is 4.31. The number of aromatic nitrogens is 1. The Morgan fingerprint density at radius 1 is 1.57 bits per heavy atom. The molecule has 1 amide bonds. The molecule has 2 N–H and O–H groups in total. The molecule has 1 atom stereocenters. The molecule has 72 valence electrons. The van der Waals surface area contributed by atoms with Crippen molar-refractivity contribution in [3.8, 4) is 0 Å². The van der Waals surface area contributed by atoms with Crippen molar-refractivity contribution in [2.45, 2.75) is 12.8 Å². The highest BCUT2D eigenvalue weighted by molar-refractivity contribution is 7.16. The second-order valence-corrected chi connectivity index (χ2v) is 4.09. The van der Waals surface area contributed by atoms with Crippen molar-refractivity contribution in [2.75, 3.05) is 0 Å². The highest BCUT2D eigenvalue weighted by Crippen LogP contribution is 2.23. The number of hydrogen-bond donors (Lipinski definition) is 1. The molecule has 3 nitrogen and oxygen atoms in total. The quantitative estimate of drug-likeness (QED) is 0.815. The third-order valence-corrected chi connectivity index (χ3v) is 3.07. The van der Waals surface area contributed by atoms with Gasteiger partial charge in [0.15, 0.2) is 0 Å². The van der Waals surface area contributed by atoms with Gasteiger partial charge in [0.1, 0.15) is 0 Å². The number of carbonyl (C=O) groups excluding carboxylic acids is 1. The number of carbonyl (C=O) groups is 1. The lowest BCUT2D eigenvalue weighted by molar-refractivity contribution is -0.119. The fraction of sp³-hybridized carbons (Fsp3) is 0.200. The Hall–Kier alpha value is -1.42. The summed E-state index contributed by atoms with van der Waals surface area (Å²) in [5, 5.41) is 0. The maximum atomic E-state index is 11.0. The zero-order chi connectivity index (χ0) is 10.1. The lowest BCUT2D eigenvalue weighted by Gasteiger charge is -2.06. The molecule has 0 spiro atoms. The van der Waals surface area contributed by atoms with Gasteiger partial charge >= 0.3 is 0 Å². The van der Waals surface area contributed by atoms with Crippen molar-refractivity contribution < 1.29 is 4.79 Å². The maximum Gasteiger partial charge on any atom is 0.224 e. The van der Waals surface area contributed by atoms with Gasteiger partial charge in [0.05, 0.1) is 21.6 Å². The van der Waals surface area contributed by atoms with E-state index in [0.29, 0.717) is 0 Å². The SMILES string of the molecule is CC(C(N)=O)c1ccc2ncsc2c1. The average Bonchev–Trinajstić information content (AvgIpc) is 2.62. The van der Waals surface area contributed by atoms with E-state index < -0.39 is 0 Å². The standard InChI is InChI=1S/C10H10N2OS/c1-6(10(11)13)7-2-3-8-9(4-7)14-5-12-8/h2-6H,1H3,(H2,11,13). The number of nitrogens with zero attached hydrogens (tertiary/aromatic N) is 1. The minimum Gasteiger partial charge on any atom is -0.369 e. The van der Waals surface area contributed by atoms with Gasteiger partial charge in [-0.3, -0.25) is 4.79 Å². The molecule has 1 unspecified atom stereocenters. The first-order valence-corrected chi connectivity index (χ1v) is 5.19. The van der Waals surface area contributed by atoms with Crippen LogP contribution in [-0.4, -0.2) is 10.9 Å². The van der Waals surface area contributed by atoms with E-state index in [0.717, 1.165) is 15.8 Å². The zero-order valence-electron chi connectivity index (χ0n) is 7.73. The lowest BCUT2D eigenvalue weighted by Crippen LogP contribution is -2.18. The lowest BCUT2D eigenvalue weighted by atomic mass is 10.0. The largest absolute Gasteiger partial charge is 0.369 e. The molecule has 14 heavy (non-hydrogen) atoms. The molecule has 0 aliphatic heterocycles. The van der Waals surface area contributed by atoms with Gasteiger partial charge in [-0.15, -0.1) is 11.3 Å². The molecular weight excluding hydrogens is 196 g/mol. The summed E-state index contributed by atoms with van der Waals surface area (Å²) in [5.41, 5.74) is 8.95. The summed E-state index contributed by atoms with van der Waals surface area (Å²) in [6.07, 6.45) is 0. The van der Waals surface area contributed by atoms with Gasteiger partial charge in [-0.2, -0.15) is 0 Å². The molecule has 2 aromatic rings. The third kappa shape index (κ3) is 1.48. The molecule has 1 aromatic heterocycles. The first kappa shape index (κ1) is 9.15. The molecule has 0 aliphatic rings. The van der Waals surface area contributed by atoms with Crippen molar-refractivity contribution in [1.29, 1.82) is 0 Å². The van der Waals surface area contributed by atoms with Gasteiger partial charge in [0.2, 0.25) is 5.91 Å². The van der Waals surface area contributed by atoms with E-state index in [-0.39, 0.29) is 11.8 Å². The van der Waals surface area contributed by atoms with E-state index in [1.807, 2.05) is 25.1 Å². The van der Waals surface area contributed by atoms with Gasteiger partial charge in [-0.1, -0.05) is 6.07 Å². The molecule has 1 aromatic carbocycles. The van der Waals surface area contributed by atoms with Crippen LogP contribution in [-0.2, 0) is 4.79 Å². The van der Waals surface area contributed by atoms with Crippen LogP contribution >= 0.6 is 11.3 Å². The molecule has 0 aliphatic carbocycles. The fourth-order valence-corrected chi connectivity index (χ4v) is 2.03. The highest BCUT2D eigenvalue weighted by Gasteiger charge is 2.11. The van der Waals surface area contributed by atoms with Crippen LogP contribution in [0, 0.1) is 0 Å². The van der Waals surface area contributed by atoms with Gasteiger partial charge in [-0.25, -0.2) is 4.98 Å². The fourth-order valence-electron chi connectivity index (χ4n) is 1.31. The van der Waals surface area contributed by atoms with E-state index in [2.05, 4.69) is 4.98 Å². The van der Waals surface area contributed by atoms with Crippen LogP contribution in [0.1, 0.15) is 18.4 Å². The molecule has 0 fully saturated rings. The normalized spacial score (nSPS) is 12.9. The van der Waals surface area contributed by atoms with Crippen molar-refractivity contribution in [2.24, 2.45) is 5.73 Å². The van der Waals surface area contributed by atoms with Crippen molar-refractivity contribution in [3.05, 3.63) is 29.3 Å². The molecular formula is C10H10N2OS. The Kier molecular flexibility index (Phi) is 2.21. The van der Waals surface area contributed by atoms with Crippen molar-refractivity contribution in [1.82, 2.24) is 4.98 Å². The van der Waals surface area contributed by atoms with Crippen LogP contribution in [0.25, 0.3) is 10.2 Å². The molecule has 1 heterocycles. The van der Waals surface area contributed by atoms with Crippen LogP contribution in [0.2, 0.25) is 0 Å². The Labute approximate surface area is 85.6 Å². The number of primary amides is 1. The van der Waals surface area contributed by atoms with Gasteiger partial charge < -0.3 is 5.73 Å². The Morgan fingerprint density at radius 2 is 2.36 bits per heavy atom. The van der Waals surface area contributed by atoms with Crippen LogP contribution in [0.5, 0.6) is 0 Å². The minimum absolute atomic E-state index is 0.235. The van der Waals surface area contributed by atoms with Gasteiger partial charge in [-0.05, 0) is 24.6 Å². The Balaban J connectivity index is 2.48.